The van der Waals surface area contributed by atoms with Crippen LogP contribution in [-0.2, 0) is 9.47 Å². The molecule has 2 aliphatic heterocycles. The van der Waals surface area contributed by atoms with E-state index in [0.29, 0.717) is 18.7 Å². The standard InChI is InChI=1S/C17H22N2O3/c20-16(14-3-6-18-7-4-14)19-8-5-17(12-19)9-15(11-22-17)21-10-13-1-2-13/h3-4,6-7,13,15H,1-2,5,8-12H2/t15-,17-/m0/s1. The molecule has 3 heterocycles. The number of amides is 1. The molecule has 0 N–H and O–H groups in total. The number of carbonyl (C=O) groups is 1. The van der Waals surface area contributed by atoms with Gasteiger partial charge in [0.15, 0.2) is 0 Å². The van der Waals surface area contributed by atoms with Crippen molar-refractivity contribution in [3.05, 3.63) is 30.1 Å². The van der Waals surface area contributed by atoms with Crippen molar-refractivity contribution < 1.29 is 14.3 Å². The SMILES string of the molecule is O=C(c1ccncc1)N1CC[C@]2(C[C@H](OCC3CC3)CO2)C1. The Morgan fingerprint density at radius 2 is 2.23 bits per heavy atom. The maximum absolute atomic E-state index is 12.5. The maximum atomic E-state index is 12.5. The van der Waals surface area contributed by atoms with Crippen LogP contribution in [0.5, 0.6) is 0 Å². The minimum Gasteiger partial charge on any atom is -0.375 e. The molecule has 0 bridgehead atoms. The predicted molar refractivity (Wildman–Crippen MR) is 80.5 cm³/mol. The average Bonchev–Trinajstić information content (AvgIpc) is 3.18. The molecule has 5 heteroatoms. The van der Waals surface area contributed by atoms with Crippen LogP contribution in [0.3, 0.4) is 0 Å². The molecule has 118 valence electrons. The Hall–Kier alpha value is -1.46. The van der Waals surface area contributed by atoms with Crippen molar-refractivity contribution in [2.75, 3.05) is 26.3 Å². The van der Waals surface area contributed by atoms with Gasteiger partial charge in [0.2, 0.25) is 0 Å². The molecule has 2 atom stereocenters. The van der Waals surface area contributed by atoms with E-state index in [1.54, 1.807) is 24.5 Å². The van der Waals surface area contributed by atoms with Gasteiger partial charge in [0, 0.05) is 37.5 Å². The van der Waals surface area contributed by atoms with Gasteiger partial charge in [-0.3, -0.25) is 9.78 Å². The van der Waals surface area contributed by atoms with E-state index in [2.05, 4.69) is 4.98 Å². The van der Waals surface area contributed by atoms with E-state index in [1.165, 1.54) is 12.8 Å². The van der Waals surface area contributed by atoms with E-state index in [-0.39, 0.29) is 17.6 Å². The summed E-state index contributed by atoms with van der Waals surface area (Å²) >= 11 is 0. The summed E-state index contributed by atoms with van der Waals surface area (Å²) < 4.78 is 12.0. The molecule has 2 saturated heterocycles. The summed E-state index contributed by atoms with van der Waals surface area (Å²) in [7, 11) is 0. The van der Waals surface area contributed by atoms with Crippen molar-refractivity contribution in [2.45, 2.75) is 37.4 Å². The van der Waals surface area contributed by atoms with Gasteiger partial charge in [-0.25, -0.2) is 0 Å². The second-order valence-corrected chi connectivity index (χ2v) is 6.81. The second-order valence-electron chi connectivity index (χ2n) is 6.81. The van der Waals surface area contributed by atoms with Gasteiger partial charge in [0.05, 0.1) is 24.9 Å². The Morgan fingerprint density at radius 1 is 1.41 bits per heavy atom. The van der Waals surface area contributed by atoms with Crippen LogP contribution < -0.4 is 0 Å². The van der Waals surface area contributed by atoms with Gasteiger partial charge >= 0.3 is 0 Å². The van der Waals surface area contributed by atoms with Crippen molar-refractivity contribution in [1.29, 1.82) is 0 Å². The molecule has 0 radical (unpaired) electrons. The smallest absolute Gasteiger partial charge is 0.254 e. The molecule has 1 aromatic rings. The number of pyridine rings is 1. The summed E-state index contributed by atoms with van der Waals surface area (Å²) in [5, 5.41) is 0. The monoisotopic (exact) mass is 302 g/mol. The van der Waals surface area contributed by atoms with Crippen molar-refractivity contribution >= 4 is 5.91 Å². The van der Waals surface area contributed by atoms with E-state index in [4.69, 9.17) is 9.47 Å². The van der Waals surface area contributed by atoms with Crippen LogP contribution in [0.15, 0.2) is 24.5 Å². The first kappa shape index (κ1) is 14.2. The molecular weight excluding hydrogens is 280 g/mol. The van der Waals surface area contributed by atoms with Gasteiger partial charge in [-0.2, -0.15) is 0 Å². The zero-order valence-electron chi connectivity index (χ0n) is 12.7. The Kier molecular flexibility index (Phi) is 3.62. The minimum atomic E-state index is -0.184. The Balaban J connectivity index is 1.34. The number of ether oxygens (including phenoxy) is 2. The molecule has 1 spiro atoms. The number of likely N-dealkylation sites (tertiary alicyclic amines) is 1. The van der Waals surface area contributed by atoms with E-state index in [1.807, 2.05) is 4.90 Å². The molecule has 0 aromatic carbocycles. The summed E-state index contributed by atoms with van der Waals surface area (Å²) in [6, 6.07) is 3.54. The number of carbonyl (C=O) groups excluding carboxylic acids is 1. The summed E-state index contributed by atoms with van der Waals surface area (Å²) in [6.07, 6.45) is 7.98. The molecule has 3 fully saturated rings. The molecule has 1 aromatic heterocycles. The first-order valence-electron chi connectivity index (χ1n) is 8.19. The highest BCUT2D eigenvalue weighted by Crippen LogP contribution is 2.38. The summed E-state index contributed by atoms with van der Waals surface area (Å²) in [5.41, 5.74) is 0.517. The highest BCUT2D eigenvalue weighted by atomic mass is 16.6. The lowest BCUT2D eigenvalue weighted by atomic mass is 9.98. The van der Waals surface area contributed by atoms with Gasteiger partial charge in [-0.05, 0) is 37.3 Å². The topological polar surface area (TPSA) is 51.7 Å². The van der Waals surface area contributed by atoms with Crippen LogP contribution in [0, 0.1) is 5.92 Å². The van der Waals surface area contributed by atoms with Crippen molar-refractivity contribution in [3.8, 4) is 0 Å². The normalized spacial score (nSPS) is 31.1. The van der Waals surface area contributed by atoms with Gasteiger partial charge < -0.3 is 14.4 Å². The predicted octanol–water partition coefficient (Wildman–Crippen LogP) is 1.88. The Labute approximate surface area is 130 Å². The van der Waals surface area contributed by atoms with Crippen LogP contribution in [-0.4, -0.2) is 53.8 Å². The fourth-order valence-electron chi connectivity index (χ4n) is 3.45. The molecule has 5 nitrogen and oxygen atoms in total. The summed E-state index contributed by atoms with van der Waals surface area (Å²) in [4.78, 5) is 18.4. The van der Waals surface area contributed by atoms with Gasteiger partial charge in [-0.1, -0.05) is 0 Å². The van der Waals surface area contributed by atoms with Crippen molar-refractivity contribution in [3.63, 3.8) is 0 Å². The van der Waals surface area contributed by atoms with Crippen LogP contribution in [0.25, 0.3) is 0 Å². The zero-order chi connectivity index (χ0) is 15.0. The number of rotatable bonds is 4. The van der Waals surface area contributed by atoms with E-state index < -0.39 is 0 Å². The molecule has 3 aliphatic rings. The van der Waals surface area contributed by atoms with Gasteiger partial charge in [0.25, 0.3) is 5.91 Å². The van der Waals surface area contributed by atoms with Crippen LogP contribution in [0.2, 0.25) is 0 Å². The number of hydrogen-bond donors (Lipinski definition) is 0. The summed E-state index contributed by atoms with van der Waals surface area (Å²) in [6.45, 7) is 2.99. The molecule has 0 unspecified atom stereocenters. The average molecular weight is 302 g/mol. The van der Waals surface area contributed by atoms with E-state index in [9.17, 15) is 4.79 Å². The van der Waals surface area contributed by atoms with Crippen LogP contribution in [0.1, 0.15) is 36.0 Å². The number of nitrogens with zero attached hydrogens (tertiary/aromatic N) is 2. The fourth-order valence-corrected chi connectivity index (χ4v) is 3.45. The lowest BCUT2D eigenvalue weighted by molar-refractivity contribution is 0.00157. The zero-order valence-corrected chi connectivity index (χ0v) is 12.7. The lowest BCUT2D eigenvalue weighted by Gasteiger charge is -2.23. The van der Waals surface area contributed by atoms with E-state index in [0.717, 1.165) is 31.9 Å². The first-order chi connectivity index (χ1) is 10.7. The van der Waals surface area contributed by atoms with Gasteiger partial charge in [-0.15, -0.1) is 0 Å². The third kappa shape index (κ3) is 2.88. The molecule has 1 aliphatic carbocycles. The molecule has 4 rings (SSSR count). The molecule has 22 heavy (non-hydrogen) atoms. The largest absolute Gasteiger partial charge is 0.375 e. The molecule has 1 saturated carbocycles. The van der Waals surface area contributed by atoms with Crippen molar-refractivity contribution in [1.82, 2.24) is 9.88 Å². The Bertz CT molecular complexity index is 546. The first-order valence-corrected chi connectivity index (χ1v) is 8.19. The van der Waals surface area contributed by atoms with Crippen LogP contribution >= 0.6 is 0 Å². The maximum Gasteiger partial charge on any atom is 0.254 e. The van der Waals surface area contributed by atoms with Crippen LogP contribution in [0.4, 0.5) is 0 Å². The van der Waals surface area contributed by atoms with E-state index >= 15 is 0 Å². The van der Waals surface area contributed by atoms with Gasteiger partial charge in [0.1, 0.15) is 0 Å². The molecule has 1 amide bonds. The fraction of sp³-hybridized carbons (Fsp3) is 0.647. The second kappa shape index (κ2) is 5.63. The molecular formula is C17H22N2O3. The highest BCUT2D eigenvalue weighted by molar-refractivity contribution is 5.94. The lowest BCUT2D eigenvalue weighted by Crippen LogP contribution is -2.36. The minimum absolute atomic E-state index is 0.0743. The summed E-state index contributed by atoms with van der Waals surface area (Å²) in [5.74, 6) is 0.857. The quantitative estimate of drug-likeness (QED) is 0.852. The highest BCUT2D eigenvalue weighted by Gasteiger charge is 2.47. The third-order valence-electron chi connectivity index (χ3n) is 4.97. The Morgan fingerprint density at radius 3 is 3.00 bits per heavy atom. The third-order valence-corrected chi connectivity index (χ3v) is 4.97. The van der Waals surface area contributed by atoms with Crippen molar-refractivity contribution in [2.24, 2.45) is 5.92 Å². The number of hydrogen-bond acceptors (Lipinski definition) is 4. The number of aromatic nitrogens is 1.